The van der Waals surface area contributed by atoms with Crippen molar-refractivity contribution in [2.24, 2.45) is 5.92 Å². The van der Waals surface area contributed by atoms with Gasteiger partial charge in [0.25, 0.3) is 0 Å². The van der Waals surface area contributed by atoms with Crippen LogP contribution in [0.1, 0.15) is 24.0 Å². The van der Waals surface area contributed by atoms with Gasteiger partial charge in [0.1, 0.15) is 0 Å². The zero-order valence-corrected chi connectivity index (χ0v) is 16.8. The van der Waals surface area contributed by atoms with Crippen molar-refractivity contribution in [1.82, 2.24) is 14.9 Å². The van der Waals surface area contributed by atoms with Gasteiger partial charge in [0.05, 0.1) is 13.2 Å². The van der Waals surface area contributed by atoms with Gasteiger partial charge in [0.15, 0.2) is 0 Å². The van der Waals surface area contributed by atoms with Crippen LogP contribution in [-0.2, 0) is 13.2 Å². The van der Waals surface area contributed by atoms with E-state index in [9.17, 15) is 5.11 Å². The molecule has 0 amide bonds. The highest BCUT2D eigenvalue weighted by Crippen LogP contribution is 2.23. The molecule has 1 saturated heterocycles. The molecule has 6 nitrogen and oxygen atoms in total. The Balaban J connectivity index is 1.31. The van der Waals surface area contributed by atoms with Crippen molar-refractivity contribution in [3.8, 4) is 5.88 Å². The molecule has 0 saturated carbocycles. The van der Waals surface area contributed by atoms with Crippen LogP contribution >= 0.6 is 0 Å². The van der Waals surface area contributed by atoms with Gasteiger partial charge >= 0.3 is 0 Å². The van der Waals surface area contributed by atoms with Crippen molar-refractivity contribution in [1.29, 1.82) is 0 Å². The van der Waals surface area contributed by atoms with E-state index in [1.807, 2.05) is 36.7 Å². The third-order valence-corrected chi connectivity index (χ3v) is 5.61. The van der Waals surface area contributed by atoms with Crippen LogP contribution in [0.2, 0.25) is 0 Å². The minimum Gasteiger partial charge on any atom is -0.477 e. The van der Waals surface area contributed by atoms with Gasteiger partial charge in [-0.05, 0) is 62.0 Å². The van der Waals surface area contributed by atoms with E-state index in [2.05, 4.69) is 33.3 Å². The number of pyridine rings is 2. The molecule has 1 fully saturated rings. The van der Waals surface area contributed by atoms with Crippen LogP contribution in [0.15, 0.2) is 48.9 Å². The van der Waals surface area contributed by atoms with E-state index >= 15 is 0 Å². The van der Waals surface area contributed by atoms with E-state index in [-0.39, 0.29) is 6.61 Å². The van der Waals surface area contributed by atoms with Crippen molar-refractivity contribution in [3.63, 3.8) is 0 Å². The van der Waals surface area contributed by atoms with Crippen LogP contribution < -0.4 is 10.1 Å². The molecule has 0 bridgehead atoms. The fourth-order valence-corrected chi connectivity index (χ4v) is 3.70. The lowest BCUT2D eigenvalue weighted by Crippen LogP contribution is -2.32. The van der Waals surface area contributed by atoms with Crippen molar-refractivity contribution >= 4 is 16.5 Å². The number of fused-ring (bicyclic) bond motifs is 1. The van der Waals surface area contributed by atoms with Crippen molar-refractivity contribution in [3.05, 3.63) is 60.0 Å². The standard InChI is InChI=1S/C23H28N4O2/c1-27-8-6-17(7-9-27)16-29-23-5-2-18(12-26-23)11-25-21-4-3-19-13-24-14-20(15-28)22(19)10-21/h2-5,10,12-14,17,25,28H,6-9,11,15-16H2,1H3. The zero-order chi connectivity index (χ0) is 20.1. The molecule has 0 spiro atoms. The van der Waals surface area contributed by atoms with Crippen molar-refractivity contribution < 1.29 is 9.84 Å². The van der Waals surface area contributed by atoms with Crippen LogP contribution in [0.5, 0.6) is 5.88 Å². The zero-order valence-electron chi connectivity index (χ0n) is 16.8. The molecule has 0 atom stereocenters. The van der Waals surface area contributed by atoms with Crippen molar-refractivity contribution in [2.75, 3.05) is 32.1 Å². The third-order valence-electron chi connectivity index (χ3n) is 5.61. The molecule has 29 heavy (non-hydrogen) atoms. The van der Waals surface area contributed by atoms with E-state index in [0.29, 0.717) is 18.3 Å². The Morgan fingerprint density at radius 2 is 2.00 bits per heavy atom. The highest BCUT2D eigenvalue weighted by Gasteiger charge is 2.17. The summed E-state index contributed by atoms with van der Waals surface area (Å²) >= 11 is 0. The fourth-order valence-electron chi connectivity index (χ4n) is 3.70. The van der Waals surface area contributed by atoms with Crippen LogP contribution in [0, 0.1) is 5.92 Å². The number of likely N-dealkylation sites (tertiary alicyclic amines) is 1. The minimum atomic E-state index is -0.0171. The van der Waals surface area contributed by atoms with Gasteiger partial charge in [-0.25, -0.2) is 4.98 Å². The van der Waals surface area contributed by atoms with Crippen LogP contribution in [-0.4, -0.2) is 46.7 Å². The number of benzene rings is 1. The Bertz CT molecular complexity index is 937. The van der Waals surface area contributed by atoms with Gasteiger partial charge in [0.2, 0.25) is 5.88 Å². The van der Waals surface area contributed by atoms with Crippen LogP contribution in [0.3, 0.4) is 0 Å². The maximum Gasteiger partial charge on any atom is 0.213 e. The quantitative estimate of drug-likeness (QED) is 0.642. The van der Waals surface area contributed by atoms with Crippen LogP contribution in [0.4, 0.5) is 5.69 Å². The largest absolute Gasteiger partial charge is 0.477 e. The summed E-state index contributed by atoms with van der Waals surface area (Å²) in [6.45, 7) is 3.70. The number of piperidine rings is 1. The van der Waals surface area contributed by atoms with E-state index in [4.69, 9.17) is 4.74 Å². The fraction of sp³-hybridized carbons (Fsp3) is 0.391. The number of hydrogen-bond acceptors (Lipinski definition) is 6. The monoisotopic (exact) mass is 392 g/mol. The molecule has 0 unspecified atom stereocenters. The van der Waals surface area contributed by atoms with E-state index < -0.39 is 0 Å². The topological polar surface area (TPSA) is 70.5 Å². The van der Waals surface area contributed by atoms with Gasteiger partial charge in [-0.1, -0.05) is 12.1 Å². The molecule has 2 aromatic heterocycles. The molecular weight excluding hydrogens is 364 g/mol. The summed E-state index contributed by atoms with van der Waals surface area (Å²) in [7, 11) is 2.17. The molecule has 152 valence electrons. The SMILES string of the molecule is CN1CCC(COc2ccc(CNc3ccc4cncc(CO)c4c3)cn2)CC1. The Kier molecular flexibility index (Phi) is 6.22. The lowest BCUT2D eigenvalue weighted by atomic mass is 9.98. The molecule has 0 radical (unpaired) electrons. The van der Waals surface area contributed by atoms with E-state index in [1.54, 1.807) is 6.20 Å². The number of nitrogens with zero attached hydrogens (tertiary/aromatic N) is 3. The number of aliphatic hydroxyl groups is 1. The number of aliphatic hydroxyl groups excluding tert-OH is 1. The summed E-state index contributed by atoms with van der Waals surface area (Å²) in [6, 6.07) is 10.1. The Morgan fingerprint density at radius 3 is 2.76 bits per heavy atom. The first-order valence-corrected chi connectivity index (χ1v) is 10.2. The first-order valence-electron chi connectivity index (χ1n) is 10.2. The third kappa shape index (κ3) is 5.02. The normalized spacial score (nSPS) is 15.5. The smallest absolute Gasteiger partial charge is 0.213 e. The first kappa shape index (κ1) is 19.6. The molecular formula is C23H28N4O2. The molecule has 3 aromatic rings. The Labute approximate surface area is 171 Å². The first-order chi connectivity index (χ1) is 14.2. The second-order valence-electron chi connectivity index (χ2n) is 7.81. The number of ether oxygens (including phenoxy) is 1. The average Bonchev–Trinajstić information content (AvgIpc) is 2.77. The molecule has 4 rings (SSSR count). The highest BCUT2D eigenvalue weighted by atomic mass is 16.5. The van der Waals surface area contributed by atoms with E-state index in [0.717, 1.165) is 47.3 Å². The average molecular weight is 393 g/mol. The van der Waals surface area contributed by atoms with Gasteiger partial charge in [-0.2, -0.15) is 0 Å². The Morgan fingerprint density at radius 1 is 1.14 bits per heavy atom. The van der Waals surface area contributed by atoms with Crippen LogP contribution in [0.25, 0.3) is 10.8 Å². The number of anilines is 1. The summed E-state index contributed by atoms with van der Waals surface area (Å²) in [4.78, 5) is 11.0. The second-order valence-corrected chi connectivity index (χ2v) is 7.81. The number of hydrogen-bond donors (Lipinski definition) is 2. The maximum atomic E-state index is 9.52. The summed E-state index contributed by atoms with van der Waals surface area (Å²) < 4.78 is 5.89. The lowest BCUT2D eigenvalue weighted by Gasteiger charge is -2.28. The predicted molar refractivity (Wildman–Crippen MR) is 115 cm³/mol. The number of aromatic nitrogens is 2. The van der Waals surface area contributed by atoms with Crippen molar-refractivity contribution in [2.45, 2.75) is 26.0 Å². The van der Waals surface area contributed by atoms with Gasteiger partial charge < -0.3 is 20.1 Å². The molecule has 1 aromatic carbocycles. The van der Waals surface area contributed by atoms with Gasteiger partial charge in [-0.15, -0.1) is 0 Å². The van der Waals surface area contributed by atoms with E-state index in [1.165, 1.54) is 12.8 Å². The minimum absolute atomic E-state index is 0.0171. The summed E-state index contributed by atoms with van der Waals surface area (Å²) in [6.07, 6.45) is 7.77. The van der Waals surface area contributed by atoms with Gasteiger partial charge in [0, 0.05) is 47.8 Å². The number of nitrogens with one attached hydrogen (secondary N) is 1. The highest BCUT2D eigenvalue weighted by molar-refractivity contribution is 5.87. The molecule has 2 N–H and O–H groups in total. The lowest BCUT2D eigenvalue weighted by molar-refractivity contribution is 0.157. The molecule has 6 heteroatoms. The van der Waals surface area contributed by atoms with Gasteiger partial charge in [-0.3, -0.25) is 4.98 Å². The molecule has 3 heterocycles. The summed E-state index contributed by atoms with van der Waals surface area (Å²) in [5.74, 6) is 1.32. The second kappa shape index (κ2) is 9.20. The Hall–Kier alpha value is -2.70. The summed E-state index contributed by atoms with van der Waals surface area (Å²) in [5, 5.41) is 15.0. The molecule has 0 aliphatic carbocycles. The number of rotatable bonds is 7. The molecule has 1 aliphatic heterocycles. The summed E-state index contributed by atoms with van der Waals surface area (Å²) in [5.41, 5.74) is 2.92. The predicted octanol–water partition coefficient (Wildman–Crippen LogP) is 3.45. The maximum absolute atomic E-state index is 9.52. The molecule has 1 aliphatic rings.